The summed E-state index contributed by atoms with van der Waals surface area (Å²) in [6.07, 6.45) is 0.815. The molecule has 0 saturated heterocycles. The summed E-state index contributed by atoms with van der Waals surface area (Å²) in [6.45, 7) is 5.60. The van der Waals surface area contributed by atoms with Gasteiger partial charge in [-0.3, -0.25) is 4.79 Å². The molecule has 2 heterocycles. The Kier molecular flexibility index (Phi) is 5.99. The number of carbonyl (C=O) groups is 2. The molecule has 3 aromatic rings. The number of para-hydroxylation sites is 1. The van der Waals surface area contributed by atoms with E-state index < -0.39 is 12.1 Å². The van der Waals surface area contributed by atoms with Gasteiger partial charge in [0.25, 0.3) is 0 Å². The minimum Gasteiger partial charge on any atom is -0.479 e. The summed E-state index contributed by atoms with van der Waals surface area (Å²) >= 11 is 0. The molecular formula is C22H23NO5. The highest BCUT2D eigenvalue weighted by molar-refractivity contribution is 5.99. The van der Waals surface area contributed by atoms with E-state index in [-0.39, 0.29) is 12.4 Å². The number of hydrogen-bond acceptors (Lipinski definition) is 5. The first-order valence-electron chi connectivity index (χ1n) is 9.06. The van der Waals surface area contributed by atoms with E-state index in [9.17, 15) is 9.59 Å². The van der Waals surface area contributed by atoms with E-state index in [1.165, 1.54) is 0 Å². The molecule has 3 rings (SSSR count). The number of hydrogen-bond donors (Lipinski definition) is 0. The number of ketones is 1. The van der Waals surface area contributed by atoms with Gasteiger partial charge in [-0.2, -0.15) is 0 Å². The molecular weight excluding hydrogens is 358 g/mol. The summed E-state index contributed by atoms with van der Waals surface area (Å²) in [5, 5.41) is 0. The predicted octanol–water partition coefficient (Wildman–Crippen LogP) is 3.94. The van der Waals surface area contributed by atoms with Crippen molar-refractivity contribution < 1.29 is 23.5 Å². The quantitative estimate of drug-likeness (QED) is 0.437. The number of aromatic nitrogens is 1. The molecule has 0 fully saturated rings. The number of benzene rings is 1. The minimum absolute atomic E-state index is 0.251. The first kappa shape index (κ1) is 19.5. The van der Waals surface area contributed by atoms with Gasteiger partial charge in [0, 0.05) is 17.0 Å². The Morgan fingerprint density at radius 2 is 1.86 bits per heavy atom. The molecule has 0 spiro atoms. The smallest absolute Gasteiger partial charge is 0.347 e. The van der Waals surface area contributed by atoms with Gasteiger partial charge < -0.3 is 18.5 Å². The van der Waals surface area contributed by atoms with Crippen LogP contribution in [0.1, 0.15) is 34.4 Å². The van der Waals surface area contributed by atoms with Crippen molar-refractivity contribution in [1.29, 1.82) is 0 Å². The maximum Gasteiger partial charge on any atom is 0.347 e. The van der Waals surface area contributed by atoms with Gasteiger partial charge >= 0.3 is 5.97 Å². The molecule has 0 aliphatic carbocycles. The molecule has 0 saturated carbocycles. The van der Waals surface area contributed by atoms with E-state index in [0.717, 1.165) is 17.1 Å². The Hall–Kier alpha value is -3.28. The van der Waals surface area contributed by atoms with Gasteiger partial charge in [0.2, 0.25) is 5.78 Å². The van der Waals surface area contributed by atoms with Gasteiger partial charge in [-0.25, -0.2) is 4.79 Å². The number of aryl methyl sites for hydroxylation is 1. The molecule has 28 heavy (non-hydrogen) atoms. The summed E-state index contributed by atoms with van der Waals surface area (Å²) < 4.78 is 18.1. The molecule has 2 aromatic heterocycles. The van der Waals surface area contributed by atoms with Gasteiger partial charge in [0.05, 0.1) is 12.8 Å². The highest BCUT2D eigenvalue weighted by atomic mass is 16.6. The number of rotatable bonds is 8. The molecule has 1 atom stereocenters. The zero-order chi connectivity index (χ0) is 20.1. The molecule has 146 valence electrons. The molecule has 6 nitrogen and oxygen atoms in total. The molecule has 0 N–H and O–H groups in total. The average molecular weight is 381 g/mol. The fraction of sp³-hybridized carbons (Fsp3) is 0.273. The van der Waals surface area contributed by atoms with E-state index in [1.807, 2.05) is 48.7 Å². The van der Waals surface area contributed by atoms with Crippen LogP contribution >= 0.6 is 0 Å². The van der Waals surface area contributed by atoms with Crippen LogP contribution in [-0.2, 0) is 16.1 Å². The van der Waals surface area contributed by atoms with Gasteiger partial charge in [-0.1, -0.05) is 18.2 Å². The van der Waals surface area contributed by atoms with Crippen LogP contribution in [0, 0.1) is 13.8 Å². The third-order valence-corrected chi connectivity index (χ3v) is 4.50. The number of carbonyl (C=O) groups excluding carboxylic acids is 2. The lowest BCUT2D eigenvalue weighted by atomic mass is 10.1. The summed E-state index contributed by atoms with van der Waals surface area (Å²) in [5.74, 6) is 0.541. The van der Waals surface area contributed by atoms with Crippen LogP contribution in [0.2, 0.25) is 0 Å². The lowest BCUT2D eigenvalue weighted by molar-refractivity contribution is -0.149. The molecule has 0 aliphatic heterocycles. The van der Waals surface area contributed by atoms with Crippen molar-refractivity contribution in [2.75, 3.05) is 6.61 Å². The predicted molar refractivity (Wildman–Crippen MR) is 104 cm³/mol. The Morgan fingerprint density at radius 3 is 2.54 bits per heavy atom. The standard InChI is InChI=1S/C22H23NO5/c1-15-12-20(16(2)23(15)13-19-10-7-11-26-19)21(24)14-27-22(25)17(3)28-18-8-5-4-6-9-18/h4-12,17H,13-14H2,1-3H3/t17-/m1/s1. The Morgan fingerprint density at radius 1 is 1.11 bits per heavy atom. The average Bonchev–Trinajstić information content (AvgIpc) is 3.30. The first-order valence-corrected chi connectivity index (χ1v) is 9.06. The second-order valence-corrected chi connectivity index (χ2v) is 6.55. The fourth-order valence-corrected chi connectivity index (χ4v) is 2.97. The van der Waals surface area contributed by atoms with Crippen molar-refractivity contribution in [3.05, 3.63) is 77.5 Å². The topological polar surface area (TPSA) is 70.7 Å². The maximum absolute atomic E-state index is 12.6. The maximum atomic E-state index is 12.6. The van der Waals surface area contributed by atoms with Gasteiger partial charge in [-0.15, -0.1) is 0 Å². The molecule has 0 radical (unpaired) electrons. The molecule has 1 aromatic carbocycles. The van der Waals surface area contributed by atoms with Crippen LogP contribution in [0.25, 0.3) is 0 Å². The summed E-state index contributed by atoms with van der Waals surface area (Å²) in [4.78, 5) is 24.7. The zero-order valence-electron chi connectivity index (χ0n) is 16.2. The van der Waals surface area contributed by atoms with Crippen molar-refractivity contribution in [3.8, 4) is 5.75 Å². The van der Waals surface area contributed by atoms with Crippen molar-refractivity contribution in [2.45, 2.75) is 33.4 Å². The van der Waals surface area contributed by atoms with Crippen LogP contribution in [0.15, 0.2) is 59.2 Å². The highest BCUT2D eigenvalue weighted by Gasteiger charge is 2.21. The van der Waals surface area contributed by atoms with Crippen LogP contribution in [-0.4, -0.2) is 29.0 Å². The van der Waals surface area contributed by atoms with Crippen molar-refractivity contribution in [2.24, 2.45) is 0 Å². The number of Topliss-reactive ketones (excluding diaryl/α,β-unsaturated/α-hetero) is 1. The largest absolute Gasteiger partial charge is 0.479 e. The van der Waals surface area contributed by atoms with Crippen LogP contribution in [0.5, 0.6) is 5.75 Å². The van der Waals surface area contributed by atoms with Crippen molar-refractivity contribution in [3.63, 3.8) is 0 Å². The number of ether oxygens (including phenoxy) is 2. The van der Waals surface area contributed by atoms with Crippen LogP contribution in [0.3, 0.4) is 0 Å². The number of esters is 1. The zero-order valence-corrected chi connectivity index (χ0v) is 16.2. The summed E-state index contributed by atoms with van der Waals surface area (Å²) in [7, 11) is 0. The second kappa shape index (κ2) is 8.61. The van der Waals surface area contributed by atoms with E-state index in [1.54, 1.807) is 31.4 Å². The minimum atomic E-state index is -0.804. The van der Waals surface area contributed by atoms with E-state index in [0.29, 0.717) is 17.9 Å². The Labute approximate surface area is 163 Å². The number of nitrogens with zero attached hydrogens (tertiary/aromatic N) is 1. The molecule has 0 bridgehead atoms. The van der Waals surface area contributed by atoms with Gasteiger partial charge in [-0.05, 0) is 51.1 Å². The Bertz CT molecular complexity index is 941. The van der Waals surface area contributed by atoms with Crippen molar-refractivity contribution in [1.82, 2.24) is 4.57 Å². The summed E-state index contributed by atoms with van der Waals surface area (Å²) in [6, 6.07) is 14.5. The van der Waals surface area contributed by atoms with Crippen molar-refractivity contribution >= 4 is 11.8 Å². The second-order valence-electron chi connectivity index (χ2n) is 6.55. The molecule has 0 unspecified atom stereocenters. The third-order valence-electron chi connectivity index (χ3n) is 4.50. The monoisotopic (exact) mass is 381 g/mol. The molecule has 0 aliphatic rings. The molecule has 0 amide bonds. The fourth-order valence-electron chi connectivity index (χ4n) is 2.97. The summed E-state index contributed by atoms with van der Waals surface area (Å²) in [5.41, 5.74) is 2.28. The SMILES string of the molecule is Cc1cc(C(=O)COC(=O)[C@@H](C)Oc2ccccc2)c(C)n1Cc1ccco1. The van der Waals surface area contributed by atoms with E-state index >= 15 is 0 Å². The number of furan rings is 1. The van der Waals surface area contributed by atoms with Gasteiger partial charge in [0.1, 0.15) is 11.5 Å². The highest BCUT2D eigenvalue weighted by Crippen LogP contribution is 2.18. The third kappa shape index (κ3) is 4.52. The normalized spacial score (nSPS) is 11.8. The lowest BCUT2D eigenvalue weighted by Gasteiger charge is -2.13. The van der Waals surface area contributed by atoms with Crippen LogP contribution < -0.4 is 4.74 Å². The first-order chi connectivity index (χ1) is 13.5. The van der Waals surface area contributed by atoms with Crippen LogP contribution in [0.4, 0.5) is 0 Å². The molecule has 6 heteroatoms. The Balaban J connectivity index is 1.59. The van der Waals surface area contributed by atoms with E-state index in [2.05, 4.69) is 0 Å². The lowest BCUT2D eigenvalue weighted by Crippen LogP contribution is -2.28. The van der Waals surface area contributed by atoms with E-state index in [4.69, 9.17) is 13.9 Å². The van der Waals surface area contributed by atoms with Gasteiger partial charge in [0.15, 0.2) is 12.7 Å².